The van der Waals surface area contributed by atoms with Crippen molar-refractivity contribution < 1.29 is 19.4 Å². The molecule has 4 heteroatoms. The highest BCUT2D eigenvalue weighted by atomic mass is 16.6. The number of carbonyl (C=O) groups is 1. The fraction of sp³-hybridized carbons (Fsp3) is 0.878. The van der Waals surface area contributed by atoms with Gasteiger partial charge < -0.3 is 14.6 Å². The molecule has 45 heavy (non-hydrogen) atoms. The summed E-state index contributed by atoms with van der Waals surface area (Å²) in [6.45, 7) is 5.35. The highest BCUT2D eigenvalue weighted by molar-refractivity contribution is 5.69. The molecule has 0 radical (unpaired) electrons. The summed E-state index contributed by atoms with van der Waals surface area (Å²) in [6, 6.07) is 0. The van der Waals surface area contributed by atoms with E-state index in [1.807, 2.05) is 0 Å². The normalized spacial score (nSPS) is 12.5. The second-order valence-corrected chi connectivity index (χ2v) is 13.4. The molecular formula is C41H78O4. The lowest BCUT2D eigenvalue weighted by Gasteiger charge is -2.16. The van der Waals surface area contributed by atoms with Crippen molar-refractivity contribution >= 4 is 5.97 Å². The zero-order valence-electron chi connectivity index (χ0n) is 30.4. The molecule has 0 aliphatic rings. The van der Waals surface area contributed by atoms with E-state index in [9.17, 15) is 9.90 Å². The third-order valence-electron chi connectivity index (χ3n) is 8.78. The zero-order valence-corrected chi connectivity index (χ0v) is 30.4. The minimum atomic E-state index is -0.531. The van der Waals surface area contributed by atoms with Crippen LogP contribution in [0.15, 0.2) is 24.3 Å². The van der Waals surface area contributed by atoms with Gasteiger partial charge in [0.05, 0.1) is 13.2 Å². The van der Waals surface area contributed by atoms with Gasteiger partial charge in [-0.15, -0.1) is 0 Å². The highest BCUT2D eigenvalue weighted by Gasteiger charge is 2.13. The summed E-state index contributed by atoms with van der Waals surface area (Å²) in [5.41, 5.74) is 0. The topological polar surface area (TPSA) is 55.8 Å². The van der Waals surface area contributed by atoms with Gasteiger partial charge in [0, 0.05) is 13.0 Å². The molecule has 0 aromatic rings. The number of hydrogen-bond acceptors (Lipinski definition) is 4. The Morgan fingerprint density at radius 3 is 1.38 bits per heavy atom. The number of aliphatic hydroxyl groups excluding tert-OH is 1. The summed E-state index contributed by atoms with van der Waals surface area (Å²) >= 11 is 0. The SMILES string of the molecule is CCCCCCC/C=C\C/C=C\CCCCCCCCCCCC(=O)OC(CO)COCCCCCCCCCCCCCC. The van der Waals surface area contributed by atoms with Crippen molar-refractivity contribution in [3.63, 3.8) is 0 Å². The largest absolute Gasteiger partial charge is 0.457 e. The maximum Gasteiger partial charge on any atom is 0.306 e. The summed E-state index contributed by atoms with van der Waals surface area (Å²) in [4.78, 5) is 12.2. The monoisotopic (exact) mass is 635 g/mol. The lowest BCUT2D eigenvalue weighted by Crippen LogP contribution is -2.27. The van der Waals surface area contributed by atoms with Crippen molar-refractivity contribution in [1.29, 1.82) is 0 Å². The van der Waals surface area contributed by atoms with Crippen LogP contribution in [0.2, 0.25) is 0 Å². The number of allylic oxidation sites excluding steroid dienone is 4. The Morgan fingerprint density at radius 1 is 0.533 bits per heavy atom. The van der Waals surface area contributed by atoms with Gasteiger partial charge in [0.15, 0.2) is 0 Å². The van der Waals surface area contributed by atoms with Gasteiger partial charge in [-0.25, -0.2) is 0 Å². The third kappa shape index (κ3) is 37.2. The first-order valence-corrected chi connectivity index (χ1v) is 19.9. The molecule has 0 bridgehead atoms. The summed E-state index contributed by atoms with van der Waals surface area (Å²) in [5, 5.41) is 9.56. The second-order valence-electron chi connectivity index (χ2n) is 13.4. The number of esters is 1. The van der Waals surface area contributed by atoms with Gasteiger partial charge >= 0.3 is 5.97 Å². The zero-order chi connectivity index (χ0) is 32.7. The van der Waals surface area contributed by atoms with Crippen LogP contribution in [0.5, 0.6) is 0 Å². The van der Waals surface area contributed by atoms with Crippen LogP contribution in [-0.2, 0) is 14.3 Å². The van der Waals surface area contributed by atoms with Gasteiger partial charge in [-0.3, -0.25) is 4.79 Å². The van der Waals surface area contributed by atoms with E-state index in [2.05, 4.69) is 38.2 Å². The molecule has 0 aliphatic heterocycles. The highest BCUT2D eigenvalue weighted by Crippen LogP contribution is 2.14. The Labute approximate surface area is 281 Å². The predicted octanol–water partition coefficient (Wildman–Crippen LogP) is 12.8. The standard InChI is InChI=1S/C41H78O4/c1-3-5-7-9-11-13-15-17-18-19-20-21-22-23-24-25-26-28-30-32-34-36-41(43)45-40(38-42)39-44-37-35-33-31-29-27-16-14-12-10-8-6-4-2/h15,17,19-20,40,42H,3-14,16,18,21-39H2,1-2H3/b17-15-,20-19-. The van der Waals surface area contributed by atoms with Crippen molar-refractivity contribution in [1.82, 2.24) is 0 Å². The quantitative estimate of drug-likeness (QED) is 0.0420. The Balaban J connectivity index is 3.42. The van der Waals surface area contributed by atoms with E-state index in [0.29, 0.717) is 19.6 Å². The fourth-order valence-corrected chi connectivity index (χ4v) is 5.77. The molecule has 4 nitrogen and oxygen atoms in total. The number of aliphatic hydroxyl groups is 1. The molecule has 0 aromatic heterocycles. The lowest BCUT2D eigenvalue weighted by molar-refractivity contribution is -0.154. The average Bonchev–Trinajstić information content (AvgIpc) is 3.05. The Kier molecular flexibility index (Phi) is 38.1. The maximum absolute atomic E-state index is 12.2. The molecule has 0 spiro atoms. The molecule has 0 fully saturated rings. The fourth-order valence-electron chi connectivity index (χ4n) is 5.77. The van der Waals surface area contributed by atoms with Crippen LogP contribution >= 0.6 is 0 Å². The van der Waals surface area contributed by atoms with E-state index in [0.717, 1.165) is 25.7 Å². The summed E-state index contributed by atoms with van der Waals surface area (Å²) in [7, 11) is 0. The average molecular weight is 635 g/mol. The van der Waals surface area contributed by atoms with Crippen LogP contribution in [0.3, 0.4) is 0 Å². The molecule has 1 unspecified atom stereocenters. The van der Waals surface area contributed by atoms with Crippen LogP contribution < -0.4 is 0 Å². The number of rotatable bonds is 37. The number of hydrogen-bond donors (Lipinski definition) is 1. The van der Waals surface area contributed by atoms with Crippen LogP contribution in [0.25, 0.3) is 0 Å². The minimum Gasteiger partial charge on any atom is -0.457 e. The van der Waals surface area contributed by atoms with Crippen LogP contribution in [-0.4, -0.2) is 37.0 Å². The molecule has 0 heterocycles. The van der Waals surface area contributed by atoms with Crippen molar-refractivity contribution in [2.24, 2.45) is 0 Å². The van der Waals surface area contributed by atoms with Crippen LogP contribution in [0.4, 0.5) is 0 Å². The molecular weight excluding hydrogens is 556 g/mol. The van der Waals surface area contributed by atoms with Crippen LogP contribution in [0.1, 0.15) is 206 Å². The minimum absolute atomic E-state index is 0.170. The molecule has 0 aliphatic carbocycles. The first-order valence-electron chi connectivity index (χ1n) is 19.9. The van der Waals surface area contributed by atoms with Crippen molar-refractivity contribution in [2.75, 3.05) is 19.8 Å². The van der Waals surface area contributed by atoms with Crippen molar-refractivity contribution in [3.05, 3.63) is 24.3 Å². The van der Waals surface area contributed by atoms with E-state index < -0.39 is 6.10 Å². The Morgan fingerprint density at radius 2 is 0.933 bits per heavy atom. The first-order chi connectivity index (χ1) is 22.2. The van der Waals surface area contributed by atoms with Gasteiger partial charge in [-0.2, -0.15) is 0 Å². The third-order valence-corrected chi connectivity index (χ3v) is 8.78. The second kappa shape index (κ2) is 39.1. The number of unbranched alkanes of at least 4 members (excludes halogenated alkanes) is 25. The smallest absolute Gasteiger partial charge is 0.306 e. The van der Waals surface area contributed by atoms with Gasteiger partial charge in [0.25, 0.3) is 0 Å². The summed E-state index contributed by atoms with van der Waals surface area (Å²) in [6.07, 6.45) is 46.5. The molecule has 0 saturated carbocycles. The maximum atomic E-state index is 12.2. The van der Waals surface area contributed by atoms with E-state index in [1.165, 1.54) is 161 Å². The summed E-state index contributed by atoms with van der Waals surface area (Å²) in [5.74, 6) is -0.203. The molecule has 0 aromatic carbocycles. The van der Waals surface area contributed by atoms with Gasteiger partial charge in [-0.1, -0.05) is 179 Å². The molecule has 1 N–H and O–H groups in total. The lowest BCUT2D eigenvalue weighted by atomic mass is 10.1. The predicted molar refractivity (Wildman–Crippen MR) is 196 cm³/mol. The van der Waals surface area contributed by atoms with E-state index in [4.69, 9.17) is 9.47 Å². The van der Waals surface area contributed by atoms with E-state index in [-0.39, 0.29) is 12.6 Å². The van der Waals surface area contributed by atoms with Crippen molar-refractivity contribution in [2.45, 2.75) is 213 Å². The number of ether oxygens (including phenoxy) is 2. The molecule has 0 saturated heterocycles. The number of carbonyl (C=O) groups excluding carboxylic acids is 1. The molecule has 1 atom stereocenters. The van der Waals surface area contributed by atoms with Gasteiger partial charge in [0.2, 0.25) is 0 Å². The van der Waals surface area contributed by atoms with Crippen molar-refractivity contribution in [3.8, 4) is 0 Å². The first kappa shape index (κ1) is 43.9. The van der Waals surface area contributed by atoms with E-state index in [1.54, 1.807) is 0 Å². The van der Waals surface area contributed by atoms with Gasteiger partial charge in [-0.05, 0) is 44.9 Å². The molecule has 0 amide bonds. The van der Waals surface area contributed by atoms with Gasteiger partial charge in [0.1, 0.15) is 6.10 Å². The Hall–Kier alpha value is -1.13. The summed E-state index contributed by atoms with van der Waals surface area (Å²) < 4.78 is 11.1. The molecule has 266 valence electrons. The van der Waals surface area contributed by atoms with Crippen LogP contribution in [0, 0.1) is 0 Å². The Bertz CT molecular complexity index is 629. The van der Waals surface area contributed by atoms with E-state index >= 15 is 0 Å². The molecule has 0 rings (SSSR count).